The predicted octanol–water partition coefficient (Wildman–Crippen LogP) is 3.83. The zero-order valence-corrected chi connectivity index (χ0v) is 13.4. The van der Waals surface area contributed by atoms with Crippen LogP contribution in [0, 0.1) is 0 Å². The summed E-state index contributed by atoms with van der Waals surface area (Å²) >= 11 is 0. The molecule has 0 radical (unpaired) electrons. The lowest BCUT2D eigenvalue weighted by molar-refractivity contribution is -0.111. The van der Waals surface area contributed by atoms with E-state index in [1.165, 1.54) is 12.1 Å². The van der Waals surface area contributed by atoms with Crippen LogP contribution in [0.15, 0.2) is 54.6 Å². The molecule has 124 valence electrons. The highest BCUT2D eigenvalue weighted by Gasteiger charge is 2.10. The number of benzene rings is 2. The monoisotopic (exact) mass is 325 g/mol. The number of rotatable bonds is 7. The van der Waals surface area contributed by atoms with Crippen LogP contribution in [0.25, 0.3) is 6.08 Å². The van der Waals surface area contributed by atoms with E-state index in [9.17, 15) is 9.59 Å². The molecule has 0 bridgehead atoms. The molecule has 5 heteroatoms. The quantitative estimate of drug-likeness (QED) is 0.759. The second-order valence-electron chi connectivity index (χ2n) is 5.06. The number of carbonyl (C=O) groups excluding carboxylic acids is 1. The molecule has 0 unspecified atom stereocenters. The Balaban J connectivity index is 2.10. The van der Waals surface area contributed by atoms with Gasteiger partial charge in [0.15, 0.2) is 0 Å². The number of aromatic carboxylic acids is 1. The highest BCUT2D eigenvalue weighted by molar-refractivity contribution is 6.06. The fourth-order valence-corrected chi connectivity index (χ4v) is 2.08. The maximum Gasteiger partial charge on any atom is 0.337 e. The first-order valence-corrected chi connectivity index (χ1v) is 7.65. The van der Waals surface area contributed by atoms with E-state index in [1.807, 2.05) is 31.2 Å². The standard InChI is InChI=1S/C19H19NO4/c1-2-13-24-17-10-6-3-7-14(17)11-12-18(21)20-16-9-5-4-8-15(16)19(22)23/h3-12H,2,13H2,1H3,(H,20,21)(H,22,23)/b12-11+. The lowest BCUT2D eigenvalue weighted by atomic mass is 10.1. The minimum absolute atomic E-state index is 0.0472. The Kier molecular flexibility index (Phi) is 6.14. The van der Waals surface area contributed by atoms with Crippen LogP contribution in [0.4, 0.5) is 5.69 Å². The Labute approximate surface area is 140 Å². The van der Waals surface area contributed by atoms with E-state index in [2.05, 4.69) is 5.32 Å². The average Bonchev–Trinajstić information content (AvgIpc) is 2.59. The van der Waals surface area contributed by atoms with Gasteiger partial charge in [-0.25, -0.2) is 4.79 Å². The molecule has 0 atom stereocenters. The second kappa shape index (κ2) is 8.53. The Morgan fingerprint density at radius 1 is 1.12 bits per heavy atom. The molecule has 1 amide bonds. The first-order valence-electron chi connectivity index (χ1n) is 7.65. The Morgan fingerprint density at radius 2 is 1.83 bits per heavy atom. The zero-order chi connectivity index (χ0) is 17.4. The summed E-state index contributed by atoms with van der Waals surface area (Å²) in [7, 11) is 0. The second-order valence-corrected chi connectivity index (χ2v) is 5.06. The molecular formula is C19H19NO4. The first kappa shape index (κ1) is 17.3. The number of carbonyl (C=O) groups is 2. The van der Waals surface area contributed by atoms with Gasteiger partial charge in [-0.15, -0.1) is 0 Å². The van der Waals surface area contributed by atoms with Crippen LogP contribution < -0.4 is 10.1 Å². The lowest BCUT2D eigenvalue weighted by Gasteiger charge is -2.08. The molecule has 2 aromatic rings. The van der Waals surface area contributed by atoms with E-state index in [-0.39, 0.29) is 11.3 Å². The van der Waals surface area contributed by atoms with Crippen LogP contribution in [-0.4, -0.2) is 23.6 Å². The minimum atomic E-state index is -1.09. The largest absolute Gasteiger partial charge is 0.493 e. The van der Waals surface area contributed by atoms with E-state index in [0.717, 1.165) is 12.0 Å². The summed E-state index contributed by atoms with van der Waals surface area (Å²) in [5, 5.41) is 11.7. The van der Waals surface area contributed by atoms with Gasteiger partial charge in [0, 0.05) is 11.6 Å². The average molecular weight is 325 g/mol. The van der Waals surface area contributed by atoms with Crippen molar-refractivity contribution >= 4 is 23.6 Å². The molecule has 0 saturated carbocycles. The van der Waals surface area contributed by atoms with E-state index in [0.29, 0.717) is 12.4 Å². The molecule has 24 heavy (non-hydrogen) atoms. The summed E-state index contributed by atoms with van der Waals surface area (Å²) in [6.45, 7) is 2.62. The van der Waals surface area contributed by atoms with Gasteiger partial charge in [0.05, 0.1) is 17.9 Å². The normalized spacial score (nSPS) is 10.5. The SMILES string of the molecule is CCCOc1ccccc1/C=C/C(=O)Nc1ccccc1C(=O)O. The predicted molar refractivity (Wildman–Crippen MR) is 93.3 cm³/mol. The molecule has 0 aromatic heterocycles. The molecule has 0 aliphatic heterocycles. The van der Waals surface area contributed by atoms with Crippen molar-refractivity contribution in [3.8, 4) is 5.75 Å². The van der Waals surface area contributed by atoms with Crippen molar-refractivity contribution in [1.82, 2.24) is 0 Å². The number of ether oxygens (including phenoxy) is 1. The van der Waals surface area contributed by atoms with Crippen molar-refractivity contribution in [3.05, 3.63) is 65.7 Å². The molecule has 0 aliphatic carbocycles. The minimum Gasteiger partial charge on any atom is -0.493 e. The van der Waals surface area contributed by atoms with Crippen LogP contribution in [-0.2, 0) is 4.79 Å². The third-order valence-electron chi connectivity index (χ3n) is 3.21. The van der Waals surface area contributed by atoms with Crippen molar-refractivity contribution in [3.63, 3.8) is 0 Å². The summed E-state index contributed by atoms with van der Waals surface area (Å²) in [5.41, 5.74) is 1.09. The number of nitrogens with one attached hydrogen (secondary N) is 1. The van der Waals surface area contributed by atoms with E-state index in [4.69, 9.17) is 9.84 Å². The highest BCUT2D eigenvalue weighted by Crippen LogP contribution is 2.20. The Morgan fingerprint density at radius 3 is 2.58 bits per heavy atom. The van der Waals surface area contributed by atoms with Gasteiger partial charge < -0.3 is 15.2 Å². The maximum atomic E-state index is 12.1. The molecule has 2 rings (SSSR count). The first-order chi connectivity index (χ1) is 11.6. The van der Waals surface area contributed by atoms with Crippen LogP contribution in [0.2, 0.25) is 0 Å². The van der Waals surface area contributed by atoms with Crippen LogP contribution in [0.3, 0.4) is 0 Å². The number of para-hydroxylation sites is 2. The topological polar surface area (TPSA) is 75.6 Å². The van der Waals surface area contributed by atoms with Gasteiger partial charge in [-0.3, -0.25) is 4.79 Å². The van der Waals surface area contributed by atoms with Gasteiger partial charge in [0.25, 0.3) is 0 Å². The third-order valence-corrected chi connectivity index (χ3v) is 3.21. The van der Waals surface area contributed by atoms with Gasteiger partial charge in [-0.2, -0.15) is 0 Å². The Hall–Kier alpha value is -3.08. The van der Waals surface area contributed by atoms with E-state index >= 15 is 0 Å². The third kappa shape index (κ3) is 4.71. The molecule has 0 aliphatic rings. The summed E-state index contributed by atoms with van der Waals surface area (Å²) in [6, 6.07) is 13.7. The van der Waals surface area contributed by atoms with E-state index in [1.54, 1.807) is 24.3 Å². The van der Waals surface area contributed by atoms with Crippen LogP contribution in [0.5, 0.6) is 5.75 Å². The number of carboxylic acids is 1. The lowest BCUT2D eigenvalue weighted by Crippen LogP contribution is -2.11. The fourth-order valence-electron chi connectivity index (χ4n) is 2.08. The summed E-state index contributed by atoms with van der Waals surface area (Å²) < 4.78 is 5.63. The molecule has 0 heterocycles. The van der Waals surface area contributed by atoms with Crippen molar-refractivity contribution < 1.29 is 19.4 Å². The van der Waals surface area contributed by atoms with E-state index < -0.39 is 11.9 Å². The number of anilines is 1. The number of hydrogen-bond acceptors (Lipinski definition) is 3. The van der Waals surface area contributed by atoms with Crippen molar-refractivity contribution in [1.29, 1.82) is 0 Å². The van der Waals surface area contributed by atoms with Gasteiger partial charge >= 0.3 is 5.97 Å². The highest BCUT2D eigenvalue weighted by atomic mass is 16.5. The molecule has 2 N–H and O–H groups in total. The fraction of sp³-hybridized carbons (Fsp3) is 0.158. The summed E-state index contributed by atoms with van der Waals surface area (Å²) in [4.78, 5) is 23.2. The molecule has 0 saturated heterocycles. The zero-order valence-electron chi connectivity index (χ0n) is 13.4. The van der Waals surface area contributed by atoms with Gasteiger partial charge in [0.1, 0.15) is 5.75 Å². The number of amides is 1. The van der Waals surface area contributed by atoms with Crippen molar-refractivity contribution in [2.45, 2.75) is 13.3 Å². The van der Waals surface area contributed by atoms with Crippen molar-refractivity contribution in [2.75, 3.05) is 11.9 Å². The van der Waals surface area contributed by atoms with Gasteiger partial charge in [-0.1, -0.05) is 37.3 Å². The molecule has 2 aromatic carbocycles. The number of carboxylic acid groups (broad SMARTS) is 1. The maximum absolute atomic E-state index is 12.1. The molecule has 0 spiro atoms. The Bertz CT molecular complexity index is 753. The van der Waals surface area contributed by atoms with Gasteiger partial charge in [0.2, 0.25) is 5.91 Å². The summed E-state index contributed by atoms with van der Waals surface area (Å²) in [5.74, 6) is -0.795. The van der Waals surface area contributed by atoms with Crippen LogP contribution in [0.1, 0.15) is 29.3 Å². The smallest absolute Gasteiger partial charge is 0.337 e. The summed E-state index contributed by atoms with van der Waals surface area (Å²) in [6.07, 6.45) is 3.89. The molecule has 5 nitrogen and oxygen atoms in total. The van der Waals surface area contributed by atoms with Crippen molar-refractivity contribution in [2.24, 2.45) is 0 Å². The van der Waals surface area contributed by atoms with Gasteiger partial charge in [-0.05, 0) is 30.7 Å². The van der Waals surface area contributed by atoms with Crippen LogP contribution >= 0.6 is 0 Å². The number of hydrogen-bond donors (Lipinski definition) is 2. The molecular weight excluding hydrogens is 306 g/mol. The molecule has 0 fully saturated rings.